The van der Waals surface area contributed by atoms with E-state index in [9.17, 15) is 4.79 Å². The fourth-order valence-corrected chi connectivity index (χ4v) is 2.37. The van der Waals surface area contributed by atoms with E-state index in [0.29, 0.717) is 18.7 Å². The Morgan fingerprint density at radius 2 is 2.45 bits per heavy atom. The van der Waals surface area contributed by atoms with Crippen LogP contribution in [0.2, 0.25) is 0 Å². The van der Waals surface area contributed by atoms with E-state index in [0.717, 1.165) is 31.6 Å². The predicted octanol–water partition coefficient (Wildman–Crippen LogP) is 2.01. The van der Waals surface area contributed by atoms with Crippen LogP contribution in [0.3, 0.4) is 0 Å². The smallest absolute Gasteiger partial charge is 0.339 e. The van der Waals surface area contributed by atoms with Gasteiger partial charge in [0.05, 0.1) is 24.1 Å². The monoisotopic (exact) mass is 297 g/mol. The summed E-state index contributed by atoms with van der Waals surface area (Å²) >= 11 is 6.27. The molecule has 0 amide bonds. The Hall–Kier alpha value is -1.33. The van der Waals surface area contributed by atoms with E-state index in [1.54, 1.807) is 12.3 Å². The van der Waals surface area contributed by atoms with Crippen LogP contribution in [0.5, 0.6) is 0 Å². The van der Waals surface area contributed by atoms with Gasteiger partial charge in [0, 0.05) is 25.8 Å². The fraction of sp³-hybridized carbons (Fsp3) is 0.571. The zero-order valence-electron chi connectivity index (χ0n) is 11.6. The number of piperazine rings is 1. The first-order valence-electron chi connectivity index (χ1n) is 6.96. The van der Waals surface area contributed by atoms with Crippen LogP contribution in [-0.4, -0.2) is 42.7 Å². The number of esters is 1. The quantitative estimate of drug-likeness (QED) is 0.390. The third-order valence-electron chi connectivity index (χ3n) is 3.20. The summed E-state index contributed by atoms with van der Waals surface area (Å²) in [5.74, 6) is -0.325. The van der Waals surface area contributed by atoms with Crippen LogP contribution in [0.15, 0.2) is 18.5 Å². The van der Waals surface area contributed by atoms with Crippen molar-refractivity contribution in [2.45, 2.75) is 25.3 Å². The Bertz CT molecular complexity index is 456. The van der Waals surface area contributed by atoms with Gasteiger partial charge in [-0.05, 0) is 12.5 Å². The molecule has 1 atom stereocenters. The topological polar surface area (TPSA) is 54.5 Å². The summed E-state index contributed by atoms with van der Waals surface area (Å²) in [6, 6.07) is 1.79. The van der Waals surface area contributed by atoms with E-state index in [-0.39, 0.29) is 11.5 Å². The average Bonchev–Trinajstić information content (AvgIpc) is 2.48. The summed E-state index contributed by atoms with van der Waals surface area (Å²) in [4.78, 5) is 18.1. The van der Waals surface area contributed by atoms with E-state index < -0.39 is 0 Å². The van der Waals surface area contributed by atoms with Crippen molar-refractivity contribution in [2.24, 2.45) is 0 Å². The summed E-state index contributed by atoms with van der Waals surface area (Å²) in [7, 11) is 0. The van der Waals surface area contributed by atoms with Gasteiger partial charge < -0.3 is 15.0 Å². The van der Waals surface area contributed by atoms with Crippen LogP contribution >= 0.6 is 11.6 Å². The van der Waals surface area contributed by atoms with Crippen molar-refractivity contribution in [1.29, 1.82) is 0 Å². The number of carbonyl (C=O) groups is 1. The summed E-state index contributed by atoms with van der Waals surface area (Å²) in [5.41, 5.74) is 1.20. The Kier molecular flexibility index (Phi) is 5.61. The fourth-order valence-electron chi connectivity index (χ4n) is 2.05. The molecule has 0 radical (unpaired) electrons. The van der Waals surface area contributed by atoms with Crippen molar-refractivity contribution >= 4 is 23.3 Å². The molecule has 1 fully saturated rings. The number of anilines is 1. The average molecular weight is 298 g/mol. The molecule has 0 aliphatic carbocycles. The molecule has 1 N–H and O–H groups in total. The van der Waals surface area contributed by atoms with Gasteiger partial charge in [-0.1, -0.05) is 24.9 Å². The second-order valence-electron chi connectivity index (χ2n) is 4.75. The summed E-state index contributed by atoms with van der Waals surface area (Å²) < 4.78 is 5.19. The highest BCUT2D eigenvalue weighted by Gasteiger charge is 2.21. The molecule has 20 heavy (non-hydrogen) atoms. The van der Waals surface area contributed by atoms with Gasteiger partial charge in [-0.15, -0.1) is 0 Å². The lowest BCUT2D eigenvalue weighted by atomic mass is 10.2. The van der Waals surface area contributed by atoms with Crippen molar-refractivity contribution in [1.82, 2.24) is 10.3 Å². The van der Waals surface area contributed by atoms with Crippen LogP contribution in [0, 0.1) is 0 Å². The Morgan fingerprint density at radius 1 is 1.60 bits per heavy atom. The molecule has 1 unspecified atom stereocenters. The second kappa shape index (κ2) is 7.45. The highest BCUT2D eigenvalue weighted by Crippen LogP contribution is 2.20. The number of pyridine rings is 1. The lowest BCUT2D eigenvalue weighted by Gasteiger charge is -2.34. The van der Waals surface area contributed by atoms with E-state index in [2.05, 4.69) is 17.2 Å². The van der Waals surface area contributed by atoms with Crippen LogP contribution < -0.4 is 10.2 Å². The maximum absolute atomic E-state index is 11.9. The largest absolute Gasteiger partial charge is 0.462 e. The maximum atomic E-state index is 11.9. The van der Waals surface area contributed by atoms with Crippen LogP contribution in [0.1, 0.15) is 30.1 Å². The van der Waals surface area contributed by atoms with E-state index in [1.165, 1.54) is 6.20 Å². The summed E-state index contributed by atoms with van der Waals surface area (Å²) in [6.07, 6.45) is 5.13. The number of carbonyl (C=O) groups excluding carboxylic acids is 1. The molecule has 0 bridgehead atoms. The Morgan fingerprint density at radius 3 is 3.20 bits per heavy atom. The number of ether oxygens (including phenoxy) is 1. The van der Waals surface area contributed by atoms with E-state index in [4.69, 9.17) is 16.3 Å². The molecule has 1 aromatic heterocycles. The number of unbranched alkanes of at least 4 members (excludes halogenated alkanes) is 1. The normalized spacial score (nSPS) is 18.9. The van der Waals surface area contributed by atoms with Crippen LogP contribution in [0.4, 0.5) is 5.69 Å². The standard InChI is InChI=1S/C14H20ClN3O2/c1-2-3-6-20-14(19)11-7-12(9-17-8-11)18-5-4-16-10-13(18)15/h7-9,13,16H,2-6,10H2,1H3. The lowest BCUT2D eigenvalue weighted by Crippen LogP contribution is -2.48. The van der Waals surface area contributed by atoms with Gasteiger partial charge in [0.1, 0.15) is 5.50 Å². The molecule has 0 saturated carbocycles. The summed E-state index contributed by atoms with van der Waals surface area (Å²) in [5, 5.41) is 3.22. The molecule has 6 heteroatoms. The lowest BCUT2D eigenvalue weighted by molar-refractivity contribution is 0.0499. The van der Waals surface area contributed by atoms with Gasteiger partial charge in [0.25, 0.3) is 0 Å². The maximum Gasteiger partial charge on any atom is 0.339 e. The third kappa shape index (κ3) is 3.84. The van der Waals surface area contributed by atoms with E-state index in [1.807, 2.05) is 4.90 Å². The number of aromatic nitrogens is 1. The molecule has 2 rings (SSSR count). The van der Waals surface area contributed by atoms with Crippen molar-refractivity contribution < 1.29 is 9.53 Å². The molecule has 0 aromatic carbocycles. The van der Waals surface area contributed by atoms with Gasteiger partial charge in [0.15, 0.2) is 0 Å². The Balaban J connectivity index is 2.05. The number of rotatable bonds is 5. The minimum atomic E-state index is -0.325. The first-order chi connectivity index (χ1) is 9.72. The SMILES string of the molecule is CCCCOC(=O)c1cncc(N2CCNCC2Cl)c1. The molecule has 0 spiro atoms. The number of hydrogen-bond acceptors (Lipinski definition) is 5. The van der Waals surface area contributed by atoms with Crippen molar-refractivity contribution in [3.05, 3.63) is 24.0 Å². The molecule has 1 saturated heterocycles. The first-order valence-corrected chi connectivity index (χ1v) is 7.39. The Labute approximate surface area is 124 Å². The molecule has 1 aliphatic rings. The predicted molar refractivity (Wildman–Crippen MR) is 79.3 cm³/mol. The molecule has 110 valence electrons. The van der Waals surface area contributed by atoms with Gasteiger partial charge in [-0.2, -0.15) is 0 Å². The van der Waals surface area contributed by atoms with Gasteiger partial charge in [-0.25, -0.2) is 4.79 Å². The minimum Gasteiger partial charge on any atom is -0.462 e. The second-order valence-corrected chi connectivity index (χ2v) is 5.26. The molecule has 1 aromatic rings. The van der Waals surface area contributed by atoms with E-state index >= 15 is 0 Å². The first kappa shape index (κ1) is 15.1. The third-order valence-corrected chi connectivity index (χ3v) is 3.59. The number of hydrogen-bond donors (Lipinski definition) is 1. The van der Waals surface area contributed by atoms with Crippen molar-refractivity contribution in [2.75, 3.05) is 31.1 Å². The summed E-state index contributed by atoms with van der Waals surface area (Å²) in [6.45, 7) is 4.89. The number of nitrogens with one attached hydrogen (secondary N) is 1. The van der Waals surface area contributed by atoms with Crippen molar-refractivity contribution in [3.63, 3.8) is 0 Å². The minimum absolute atomic E-state index is 0.128. The molecule has 1 aliphatic heterocycles. The van der Waals surface area contributed by atoms with Crippen LogP contribution in [-0.2, 0) is 4.74 Å². The number of nitrogens with zero attached hydrogens (tertiary/aromatic N) is 2. The molecular weight excluding hydrogens is 278 g/mol. The number of halogens is 1. The highest BCUT2D eigenvalue weighted by molar-refractivity contribution is 6.22. The van der Waals surface area contributed by atoms with Gasteiger partial charge in [-0.3, -0.25) is 4.98 Å². The highest BCUT2D eigenvalue weighted by atomic mass is 35.5. The zero-order chi connectivity index (χ0) is 14.4. The number of alkyl halides is 1. The zero-order valence-corrected chi connectivity index (χ0v) is 12.4. The van der Waals surface area contributed by atoms with Crippen molar-refractivity contribution in [3.8, 4) is 0 Å². The van der Waals surface area contributed by atoms with Crippen LogP contribution in [0.25, 0.3) is 0 Å². The molecule has 5 nitrogen and oxygen atoms in total. The van der Waals surface area contributed by atoms with Gasteiger partial charge >= 0.3 is 5.97 Å². The molecular formula is C14H20ClN3O2. The molecule has 2 heterocycles. The van der Waals surface area contributed by atoms with Gasteiger partial charge in [0.2, 0.25) is 0 Å².